The minimum Gasteiger partial charge on any atom is -0.504 e. The van der Waals surface area contributed by atoms with E-state index < -0.39 is 11.8 Å². The molecule has 2 heterocycles. The van der Waals surface area contributed by atoms with Crippen molar-refractivity contribution < 1.29 is 19.5 Å². The number of phenols is 1. The van der Waals surface area contributed by atoms with Crippen LogP contribution in [0.4, 0.5) is 11.4 Å². The van der Waals surface area contributed by atoms with Crippen LogP contribution in [0.1, 0.15) is 27.6 Å². The number of benzene rings is 4. The Morgan fingerprint density at radius 3 is 2.11 bits per heavy atom. The van der Waals surface area contributed by atoms with Gasteiger partial charge in [0, 0.05) is 34.5 Å². The smallest absolute Gasteiger partial charge is 0.266 e. The molecule has 0 radical (unpaired) electrons. The molecule has 2 N–H and O–H groups in total. The number of hydrogen-bond acceptors (Lipinski definition) is 6. The van der Waals surface area contributed by atoms with Crippen LogP contribution in [0.3, 0.4) is 0 Å². The highest BCUT2D eigenvalue weighted by Gasteiger charge is 2.36. The molecule has 0 spiro atoms. The van der Waals surface area contributed by atoms with E-state index in [1.165, 1.54) is 17.8 Å². The molecule has 0 saturated heterocycles. The first-order chi connectivity index (χ1) is 16.9. The van der Waals surface area contributed by atoms with Gasteiger partial charge >= 0.3 is 0 Å². The van der Waals surface area contributed by atoms with E-state index in [2.05, 4.69) is 15.5 Å². The molecule has 170 valence electrons. The molecule has 1 aliphatic rings. The predicted octanol–water partition coefficient (Wildman–Crippen LogP) is 4.04. The fraction of sp³-hybridized carbons (Fsp3) is 0.0385. The summed E-state index contributed by atoms with van der Waals surface area (Å²) in [5, 5.41) is 23.7. The van der Waals surface area contributed by atoms with Gasteiger partial charge in [0.25, 0.3) is 11.8 Å². The summed E-state index contributed by atoms with van der Waals surface area (Å²) in [6, 6.07) is 20.2. The average molecular weight is 463 g/mol. The van der Waals surface area contributed by atoms with Gasteiger partial charge in [-0.05, 0) is 42.5 Å². The van der Waals surface area contributed by atoms with Crippen molar-refractivity contribution in [1.29, 1.82) is 0 Å². The maximum absolute atomic E-state index is 13.6. The molecule has 35 heavy (non-hydrogen) atoms. The third kappa shape index (κ3) is 3.06. The van der Waals surface area contributed by atoms with Gasteiger partial charge in [0.1, 0.15) is 16.7 Å². The highest BCUT2D eigenvalue weighted by molar-refractivity contribution is 6.37. The zero-order valence-electron chi connectivity index (χ0n) is 18.4. The molecule has 4 aromatic carbocycles. The number of aromatic nitrogens is 3. The van der Waals surface area contributed by atoms with Crippen molar-refractivity contribution in [3.63, 3.8) is 0 Å². The highest BCUT2D eigenvalue weighted by atomic mass is 16.3. The largest absolute Gasteiger partial charge is 0.504 e. The first kappa shape index (κ1) is 20.5. The highest BCUT2D eigenvalue weighted by Crippen LogP contribution is 2.40. The van der Waals surface area contributed by atoms with Gasteiger partial charge in [-0.3, -0.25) is 14.4 Å². The second-order valence-corrected chi connectivity index (χ2v) is 8.14. The second-order valence-electron chi connectivity index (χ2n) is 8.14. The summed E-state index contributed by atoms with van der Waals surface area (Å²) in [6.45, 7) is 1.39. The number of phenolic OH excluding ortho intramolecular Hbond substituents is 1. The van der Waals surface area contributed by atoms with E-state index in [-0.39, 0.29) is 34.2 Å². The Kier molecular flexibility index (Phi) is 4.40. The summed E-state index contributed by atoms with van der Waals surface area (Å²) >= 11 is 0. The molecule has 0 atom stereocenters. The van der Waals surface area contributed by atoms with Gasteiger partial charge in [0.15, 0.2) is 5.75 Å². The Labute approximate surface area is 198 Å². The Morgan fingerprint density at radius 1 is 0.800 bits per heavy atom. The Balaban J connectivity index is 1.50. The lowest BCUT2D eigenvalue weighted by molar-refractivity contribution is -0.114. The van der Waals surface area contributed by atoms with Crippen molar-refractivity contribution in [2.24, 2.45) is 0 Å². The Hall–Kier alpha value is -5.05. The number of para-hydroxylation sites is 1. The fourth-order valence-electron chi connectivity index (χ4n) is 4.44. The minimum absolute atomic E-state index is 0.0208. The van der Waals surface area contributed by atoms with Gasteiger partial charge in [0.05, 0.1) is 5.69 Å². The van der Waals surface area contributed by atoms with E-state index in [1.54, 1.807) is 54.6 Å². The molecule has 3 amide bonds. The first-order valence-electron chi connectivity index (χ1n) is 10.8. The van der Waals surface area contributed by atoms with E-state index in [9.17, 15) is 19.5 Å². The molecule has 0 aliphatic carbocycles. The van der Waals surface area contributed by atoms with Gasteiger partial charge in [-0.15, -0.1) is 15.0 Å². The normalized spacial score (nSPS) is 13.0. The Bertz CT molecular complexity index is 1670. The molecule has 5 aromatic rings. The number of imide groups is 1. The van der Waals surface area contributed by atoms with Crippen molar-refractivity contribution in [3.8, 4) is 11.4 Å². The number of nitrogens with zero attached hydrogens (tertiary/aromatic N) is 4. The zero-order chi connectivity index (χ0) is 24.3. The van der Waals surface area contributed by atoms with E-state index >= 15 is 0 Å². The van der Waals surface area contributed by atoms with Crippen molar-refractivity contribution >= 4 is 50.9 Å². The SMILES string of the molecule is CC(=O)Nc1ccc2c3c(cccc13)C(=O)N(c1cccc(-n3nc4ccccc4n3)c1O)C2=O. The maximum atomic E-state index is 13.6. The molecule has 0 fully saturated rings. The number of carbonyl (C=O) groups is 3. The number of rotatable bonds is 3. The molecule has 0 saturated carbocycles. The van der Waals surface area contributed by atoms with Gasteiger partial charge in [0.2, 0.25) is 5.91 Å². The topological polar surface area (TPSA) is 117 Å². The van der Waals surface area contributed by atoms with Crippen LogP contribution in [0.15, 0.2) is 72.8 Å². The number of anilines is 2. The molecular formula is C26H17N5O4. The minimum atomic E-state index is -0.584. The Morgan fingerprint density at radius 2 is 1.43 bits per heavy atom. The van der Waals surface area contributed by atoms with Crippen molar-refractivity contribution in [3.05, 3.63) is 83.9 Å². The lowest BCUT2D eigenvalue weighted by Crippen LogP contribution is -2.40. The van der Waals surface area contributed by atoms with Gasteiger partial charge < -0.3 is 10.4 Å². The van der Waals surface area contributed by atoms with Crippen LogP contribution in [-0.2, 0) is 4.79 Å². The van der Waals surface area contributed by atoms with Crippen molar-refractivity contribution in [2.75, 3.05) is 10.2 Å². The number of aromatic hydroxyl groups is 1. The van der Waals surface area contributed by atoms with Crippen LogP contribution < -0.4 is 10.2 Å². The van der Waals surface area contributed by atoms with Crippen LogP contribution in [0.25, 0.3) is 27.5 Å². The van der Waals surface area contributed by atoms with E-state index in [1.807, 2.05) is 12.1 Å². The van der Waals surface area contributed by atoms with E-state index in [0.717, 1.165) is 4.90 Å². The summed E-state index contributed by atoms with van der Waals surface area (Å²) in [5.74, 6) is -1.74. The molecule has 0 bridgehead atoms. The van der Waals surface area contributed by atoms with Gasteiger partial charge in [-0.1, -0.05) is 30.3 Å². The van der Waals surface area contributed by atoms with Crippen molar-refractivity contribution in [2.45, 2.75) is 6.92 Å². The number of hydrogen-bond donors (Lipinski definition) is 2. The van der Waals surface area contributed by atoms with E-state index in [0.29, 0.717) is 27.5 Å². The average Bonchev–Trinajstić information content (AvgIpc) is 3.28. The van der Waals surface area contributed by atoms with Crippen LogP contribution >= 0.6 is 0 Å². The molecule has 6 rings (SSSR count). The van der Waals surface area contributed by atoms with Crippen LogP contribution in [0.5, 0.6) is 5.75 Å². The molecule has 0 unspecified atom stereocenters. The van der Waals surface area contributed by atoms with Crippen LogP contribution in [0, 0.1) is 0 Å². The molecule has 9 heteroatoms. The first-order valence-corrected chi connectivity index (χ1v) is 10.8. The summed E-state index contributed by atoms with van der Waals surface area (Å²) in [6.07, 6.45) is 0. The maximum Gasteiger partial charge on any atom is 0.266 e. The zero-order valence-corrected chi connectivity index (χ0v) is 18.4. The third-order valence-corrected chi connectivity index (χ3v) is 5.95. The van der Waals surface area contributed by atoms with Gasteiger partial charge in [-0.25, -0.2) is 4.90 Å². The quantitative estimate of drug-likeness (QED) is 0.390. The standard InChI is InChI=1S/C26H17N5O4/c1-14(32)27-18-13-12-17-23-15(18)6-4-7-16(23)25(34)30(26(17)35)21-10-5-11-22(24(21)33)31-28-19-8-2-3-9-20(19)29-31/h2-13,33H,1H3,(H,27,32). The summed E-state index contributed by atoms with van der Waals surface area (Å²) in [4.78, 5) is 41.0. The number of fused-ring (bicyclic) bond motifs is 1. The number of carbonyl (C=O) groups excluding carboxylic acids is 3. The van der Waals surface area contributed by atoms with Gasteiger partial charge in [-0.2, -0.15) is 0 Å². The summed E-state index contributed by atoms with van der Waals surface area (Å²) in [7, 11) is 0. The number of amides is 3. The lowest BCUT2D eigenvalue weighted by Gasteiger charge is -2.28. The van der Waals surface area contributed by atoms with Crippen LogP contribution in [-0.4, -0.2) is 37.8 Å². The summed E-state index contributed by atoms with van der Waals surface area (Å²) < 4.78 is 0. The lowest BCUT2D eigenvalue weighted by atomic mass is 9.92. The van der Waals surface area contributed by atoms with Crippen molar-refractivity contribution in [1.82, 2.24) is 15.0 Å². The molecular weight excluding hydrogens is 446 g/mol. The molecule has 1 aromatic heterocycles. The number of nitrogens with one attached hydrogen (secondary N) is 1. The second kappa shape index (κ2) is 7.49. The summed E-state index contributed by atoms with van der Waals surface area (Å²) in [5.41, 5.74) is 2.61. The molecule has 1 aliphatic heterocycles. The third-order valence-electron chi connectivity index (χ3n) is 5.95. The van der Waals surface area contributed by atoms with E-state index in [4.69, 9.17) is 0 Å². The monoisotopic (exact) mass is 463 g/mol. The fourth-order valence-corrected chi connectivity index (χ4v) is 4.44. The predicted molar refractivity (Wildman–Crippen MR) is 130 cm³/mol. The van der Waals surface area contributed by atoms with Crippen LogP contribution in [0.2, 0.25) is 0 Å². The molecule has 9 nitrogen and oxygen atoms in total.